The van der Waals surface area contributed by atoms with Crippen molar-refractivity contribution in [2.75, 3.05) is 6.54 Å². The molecule has 27 heavy (non-hydrogen) atoms. The normalized spacial score (nSPS) is 16.8. The van der Waals surface area contributed by atoms with Crippen LogP contribution in [0.2, 0.25) is 0 Å². The smallest absolute Gasteiger partial charge is 0.191 e. The van der Waals surface area contributed by atoms with Gasteiger partial charge in [-0.05, 0) is 33.1 Å². The van der Waals surface area contributed by atoms with Crippen molar-refractivity contribution in [3.8, 4) is 0 Å². The zero-order valence-corrected chi connectivity index (χ0v) is 19.9. The summed E-state index contributed by atoms with van der Waals surface area (Å²) in [7, 11) is 0. The van der Waals surface area contributed by atoms with E-state index in [0.717, 1.165) is 48.5 Å². The van der Waals surface area contributed by atoms with Gasteiger partial charge < -0.3 is 10.6 Å². The van der Waals surface area contributed by atoms with Crippen molar-refractivity contribution in [2.45, 2.75) is 72.5 Å². The molecule has 1 aliphatic heterocycles. The van der Waals surface area contributed by atoms with E-state index in [0.29, 0.717) is 18.5 Å². The second-order valence-corrected chi connectivity index (χ2v) is 8.32. The molecule has 3 rings (SSSR count). The Morgan fingerprint density at radius 1 is 1.33 bits per heavy atom. The van der Waals surface area contributed by atoms with Gasteiger partial charge in [0, 0.05) is 23.9 Å². The van der Waals surface area contributed by atoms with Crippen LogP contribution in [0.4, 0.5) is 0 Å². The molecular weight excluding hydrogens is 473 g/mol. The highest BCUT2D eigenvalue weighted by atomic mass is 127. The Labute approximate surface area is 182 Å². The fraction of sp³-hybridized carbons (Fsp3) is 0.667. The second kappa shape index (κ2) is 9.81. The van der Waals surface area contributed by atoms with Crippen molar-refractivity contribution in [2.24, 2.45) is 4.99 Å². The Bertz CT molecular complexity index is 781. The number of aryl methyl sites for hydroxylation is 3. The molecule has 0 bridgehead atoms. The lowest BCUT2D eigenvalue weighted by molar-refractivity contribution is 0.392. The highest BCUT2D eigenvalue weighted by Gasteiger charge is 2.21. The first-order chi connectivity index (χ1) is 12.5. The number of hydrogen-bond acceptors (Lipinski definition) is 5. The summed E-state index contributed by atoms with van der Waals surface area (Å²) in [5.74, 6) is 3.23. The fourth-order valence-electron chi connectivity index (χ4n) is 3.28. The highest BCUT2D eigenvalue weighted by Crippen LogP contribution is 2.24. The van der Waals surface area contributed by atoms with Crippen molar-refractivity contribution in [3.05, 3.63) is 27.2 Å². The van der Waals surface area contributed by atoms with Gasteiger partial charge in [0.1, 0.15) is 16.7 Å². The third-order valence-corrected chi connectivity index (χ3v) is 5.42. The number of thiazole rings is 1. The molecular formula is C18H30IN7S. The third kappa shape index (κ3) is 5.63. The monoisotopic (exact) mass is 503 g/mol. The maximum absolute atomic E-state index is 4.75. The quantitative estimate of drug-likeness (QED) is 0.372. The van der Waals surface area contributed by atoms with Gasteiger partial charge in [-0.2, -0.15) is 5.10 Å². The fourth-order valence-corrected chi connectivity index (χ4v) is 4.29. The van der Waals surface area contributed by atoms with Crippen LogP contribution in [-0.4, -0.2) is 38.3 Å². The van der Waals surface area contributed by atoms with Gasteiger partial charge in [-0.1, -0.05) is 13.8 Å². The van der Waals surface area contributed by atoms with Crippen LogP contribution >= 0.6 is 35.3 Å². The Morgan fingerprint density at radius 2 is 2.11 bits per heavy atom. The van der Waals surface area contributed by atoms with Crippen molar-refractivity contribution >= 4 is 41.3 Å². The Morgan fingerprint density at radius 3 is 2.78 bits per heavy atom. The summed E-state index contributed by atoms with van der Waals surface area (Å²) >= 11 is 1.75. The minimum absolute atomic E-state index is 0. The van der Waals surface area contributed by atoms with E-state index in [9.17, 15) is 0 Å². The number of aliphatic imine (C=N–C) groups is 1. The minimum Gasteiger partial charge on any atom is -0.357 e. The molecule has 2 aromatic rings. The van der Waals surface area contributed by atoms with Crippen molar-refractivity contribution < 1.29 is 0 Å². The summed E-state index contributed by atoms with van der Waals surface area (Å²) in [5, 5.41) is 12.4. The molecule has 2 N–H and O–H groups in total. The summed E-state index contributed by atoms with van der Waals surface area (Å²) < 4.78 is 2.01. The summed E-state index contributed by atoms with van der Waals surface area (Å²) in [4.78, 5) is 15.3. The molecule has 2 aromatic heterocycles. The summed E-state index contributed by atoms with van der Waals surface area (Å²) in [6.07, 6.45) is 1.98. The molecule has 0 amide bonds. The first-order valence-electron chi connectivity index (χ1n) is 9.37. The van der Waals surface area contributed by atoms with Gasteiger partial charge >= 0.3 is 0 Å². The molecule has 0 radical (unpaired) electrons. The predicted molar refractivity (Wildman–Crippen MR) is 121 cm³/mol. The largest absolute Gasteiger partial charge is 0.357 e. The molecule has 7 nitrogen and oxygen atoms in total. The molecule has 0 saturated carbocycles. The van der Waals surface area contributed by atoms with Crippen molar-refractivity contribution in [3.63, 3.8) is 0 Å². The number of nitrogens with one attached hydrogen (secondary N) is 2. The van der Waals surface area contributed by atoms with Gasteiger partial charge in [0.25, 0.3) is 0 Å². The number of rotatable bonds is 5. The number of fused-ring (bicyclic) bond motifs is 1. The summed E-state index contributed by atoms with van der Waals surface area (Å²) in [6.45, 7) is 12.8. The van der Waals surface area contributed by atoms with Gasteiger partial charge in [0.05, 0.1) is 18.8 Å². The van der Waals surface area contributed by atoms with Crippen LogP contribution in [0.25, 0.3) is 0 Å². The number of nitrogens with zero attached hydrogens (tertiary/aromatic N) is 5. The van der Waals surface area contributed by atoms with Crippen LogP contribution < -0.4 is 10.6 Å². The van der Waals surface area contributed by atoms with Crippen LogP contribution in [0.5, 0.6) is 0 Å². The molecule has 0 aliphatic carbocycles. The van der Waals surface area contributed by atoms with E-state index in [4.69, 9.17) is 9.98 Å². The van der Waals surface area contributed by atoms with Gasteiger partial charge in [-0.25, -0.2) is 19.6 Å². The third-order valence-electron chi connectivity index (χ3n) is 4.45. The zero-order valence-electron chi connectivity index (χ0n) is 16.7. The van der Waals surface area contributed by atoms with E-state index in [-0.39, 0.29) is 24.0 Å². The van der Waals surface area contributed by atoms with Gasteiger partial charge in [0.15, 0.2) is 5.96 Å². The van der Waals surface area contributed by atoms with Crippen LogP contribution in [0.1, 0.15) is 60.3 Å². The van der Waals surface area contributed by atoms with Crippen molar-refractivity contribution in [1.82, 2.24) is 30.4 Å². The molecule has 1 unspecified atom stereocenters. The topological polar surface area (TPSA) is 80.0 Å². The average Bonchev–Trinajstić information content (AvgIpc) is 3.14. The minimum atomic E-state index is 0. The maximum Gasteiger partial charge on any atom is 0.191 e. The Balaban J connectivity index is 0.00000261. The molecule has 0 fully saturated rings. The van der Waals surface area contributed by atoms with Gasteiger partial charge in [-0.3, -0.25) is 0 Å². The van der Waals surface area contributed by atoms with Gasteiger partial charge in [0.2, 0.25) is 0 Å². The van der Waals surface area contributed by atoms with E-state index in [1.54, 1.807) is 11.3 Å². The molecule has 150 valence electrons. The van der Waals surface area contributed by atoms with E-state index in [2.05, 4.69) is 48.4 Å². The Hall–Kier alpha value is -1.23. The number of guanidine groups is 1. The summed E-state index contributed by atoms with van der Waals surface area (Å²) in [5.41, 5.74) is 1.19. The van der Waals surface area contributed by atoms with E-state index >= 15 is 0 Å². The molecule has 9 heteroatoms. The first kappa shape index (κ1) is 22.1. The van der Waals surface area contributed by atoms with E-state index < -0.39 is 0 Å². The second-order valence-electron chi connectivity index (χ2n) is 7.04. The molecule has 0 spiro atoms. The summed E-state index contributed by atoms with van der Waals surface area (Å²) in [6, 6.07) is 0.311. The van der Waals surface area contributed by atoms with E-state index in [1.165, 1.54) is 10.6 Å². The lowest BCUT2D eigenvalue weighted by Crippen LogP contribution is -2.47. The first-order valence-corrected chi connectivity index (χ1v) is 10.2. The van der Waals surface area contributed by atoms with Gasteiger partial charge in [-0.15, -0.1) is 35.3 Å². The van der Waals surface area contributed by atoms with Crippen LogP contribution in [0.15, 0.2) is 4.99 Å². The van der Waals surface area contributed by atoms with Crippen molar-refractivity contribution in [1.29, 1.82) is 0 Å². The predicted octanol–water partition coefficient (Wildman–Crippen LogP) is 3.16. The lowest BCUT2D eigenvalue weighted by atomic mass is 10.1. The maximum atomic E-state index is 4.75. The number of hydrogen-bond donors (Lipinski definition) is 2. The number of aromatic nitrogens is 4. The van der Waals surface area contributed by atoms with Crippen LogP contribution in [-0.2, 0) is 19.5 Å². The average molecular weight is 503 g/mol. The SMILES string of the molecule is CCNC(=NCc1nc(C(C)C)c(C)s1)NC1CCc2nc(C)nn2C1.I. The lowest BCUT2D eigenvalue weighted by Gasteiger charge is -2.25. The molecule has 0 aromatic carbocycles. The Kier molecular flexibility index (Phi) is 8.02. The zero-order chi connectivity index (χ0) is 18.7. The highest BCUT2D eigenvalue weighted by molar-refractivity contribution is 14.0. The molecule has 1 atom stereocenters. The number of halogens is 1. The van der Waals surface area contributed by atoms with Crippen LogP contribution in [0.3, 0.4) is 0 Å². The molecule has 0 saturated heterocycles. The molecule has 1 aliphatic rings. The van der Waals surface area contributed by atoms with Crippen LogP contribution in [0, 0.1) is 13.8 Å². The van der Waals surface area contributed by atoms with E-state index in [1.807, 2.05) is 11.6 Å². The molecule has 3 heterocycles. The standard InChI is InChI=1S/C18H29N7S.HI/c1-6-19-18(20-9-16-23-17(11(2)3)12(4)26-16)22-14-7-8-15-21-13(5)24-25(15)10-14;/h11,14H,6-10H2,1-5H3,(H2,19,20,22);1H.